The van der Waals surface area contributed by atoms with Gasteiger partial charge < -0.3 is 19.8 Å². The van der Waals surface area contributed by atoms with Crippen LogP contribution in [0.1, 0.15) is 51.5 Å². The molecule has 2 aromatic rings. The zero-order valence-corrected chi connectivity index (χ0v) is 18.7. The lowest BCUT2D eigenvalue weighted by molar-refractivity contribution is -0.119. The standard InChI is InChI=1S/C20H25N3O7S/c1-10(2)30-19(25)17-12(4)18(22-13(17)5)20(26)29-9-16(24)23-14-7-6-11(3)15(8-14)31(21,27)28/h6-8,10,22H,9H2,1-5H3,(H,23,24)(H2,21,27,28). The van der Waals surface area contributed by atoms with Crippen molar-refractivity contribution in [2.75, 3.05) is 11.9 Å². The van der Waals surface area contributed by atoms with Crippen molar-refractivity contribution >= 4 is 33.6 Å². The van der Waals surface area contributed by atoms with E-state index in [1.807, 2.05) is 0 Å². The average Bonchev–Trinajstić information content (AvgIpc) is 2.94. The second-order valence-corrected chi connectivity index (χ2v) is 8.76. The van der Waals surface area contributed by atoms with Crippen LogP contribution in [-0.2, 0) is 24.3 Å². The molecular formula is C20H25N3O7S. The van der Waals surface area contributed by atoms with E-state index in [0.717, 1.165) is 0 Å². The van der Waals surface area contributed by atoms with Crippen molar-refractivity contribution in [2.45, 2.75) is 45.6 Å². The molecule has 0 fully saturated rings. The van der Waals surface area contributed by atoms with Gasteiger partial charge in [0.25, 0.3) is 5.91 Å². The average molecular weight is 452 g/mol. The Morgan fingerprint density at radius 2 is 1.77 bits per heavy atom. The number of rotatable bonds is 7. The van der Waals surface area contributed by atoms with Crippen LogP contribution >= 0.6 is 0 Å². The minimum absolute atomic E-state index is 0.0350. The van der Waals surface area contributed by atoms with Crippen LogP contribution in [0.5, 0.6) is 0 Å². The topological polar surface area (TPSA) is 158 Å². The van der Waals surface area contributed by atoms with Gasteiger partial charge >= 0.3 is 11.9 Å². The van der Waals surface area contributed by atoms with Crippen LogP contribution in [0.2, 0.25) is 0 Å². The van der Waals surface area contributed by atoms with E-state index in [-0.39, 0.29) is 27.9 Å². The van der Waals surface area contributed by atoms with Gasteiger partial charge in [0.05, 0.1) is 16.6 Å². The SMILES string of the molecule is Cc1ccc(NC(=O)COC(=O)c2[nH]c(C)c(C(=O)OC(C)C)c2C)cc1S(N)(=O)=O. The maximum Gasteiger partial charge on any atom is 0.355 e. The number of sulfonamides is 1. The van der Waals surface area contributed by atoms with E-state index < -0.39 is 34.5 Å². The molecule has 4 N–H and O–H groups in total. The molecule has 0 bridgehead atoms. The number of hydrogen-bond donors (Lipinski definition) is 3. The number of anilines is 1. The Labute approximate surface area is 180 Å². The number of nitrogens with two attached hydrogens (primary N) is 1. The third kappa shape index (κ3) is 5.92. The number of carbonyl (C=O) groups is 3. The fourth-order valence-electron chi connectivity index (χ4n) is 2.92. The van der Waals surface area contributed by atoms with E-state index in [2.05, 4.69) is 10.3 Å². The first-order chi connectivity index (χ1) is 14.3. The Morgan fingerprint density at radius 1 is 1.13 bits per heavy atom. The number of aromatic amines is 1. The summed E-state index contributed by atoms with van der Waals surface area (Å²) in [7, 11) is -3.95. The second kappa shape index (κ2) is 9.31. The lowest BCUT2D eigenvalue weighted by Gasteiger charge is -2.09. The highest BCUT2D eigenvalue weighted by Gasteiger charge is 2.25. The number of H-pyrrole nitrogens is 1. The molecule has 0 saturated carbocycles. The molecule has 0 spiro atoms. The molecule has 0 atom stereocenters. The molecule has 1 amide bonds. The largest absolute Gasteiger partial charge is 0.459 e. The summed E-state index contributed by atoms with van der Waals surface area (Å²) in [4.78, 5) is 39.4. The Hall–Kier alpha value is -3.18. The molecule has 10 nitrogen and oxygen atoms in total. The first kappa shape index (κ1) is 24.1. The lowest BCUT2D eigenvalue weighted by Crippen LogP contribution is -2.22. The fourth-order valence-corrected chi connectivity index (χ4v) is 3.73. The molecule has 0 radical (unpaired) electrons. The Kier molecular flexibility index (Phi) is 7.24. The highest BCUT2D eigenvalue weighted by molar-refractivity contribution is 7.89. The van der Waals surface area contributed by atoms with E-state index in [0.29, 0.717) is 16.8 Å². The van der Waals surface area contributed by atoms with Crippen molar-refractivity contribution in [2.24, 2.45) is 5.14 Å². The normalized spacial score (nSPS) is 11.3. The van der Waals surface area contributed by atoms with Gasteiger partial charge in [-0.15, -0.1) is 0 Å². The summed E-state index contributed by atoms with van der Waals surface area (Å²) in [6.07, 6.45) is -0.322. The molecule has 31 heavy (non-hydrogen) atoms. The number of ether oxygens (including phenoxy) is 2. The second-order valence-electron chi connectivity index (χ2n) is 7.23. The van der Waals surface area contributed by atoms with Crippen molar-refractivity contribution in [1.29, 1.82) is 0 Å². The monoisotopic (exact) mass is 451 g/mol. The van der Waals surface area contributed by atoms with Gasteiger partial charge in [0.1, 0.15) is 5.69 Å². The van der Waals surface area contributed by atoms with Crippen LogP contribution in [-0.4, -0.2) is 44.0 Å². The molecule has 0 unspecified atom stereocenters. The highest BCUT2D eigenvalue weighted by atomic mass is 32.2. The molecule has 0 aliphatic rings. The summed E-state index contributed by atoms with van der Waals surface area (Å²) in [6, 6.07) is 4.20. The number of nitrogens with one attached hydrogen (secondary N) is 2. The minimum Gasteiger partial charge on any atom is -0.459 e. The first-order valence-electron chi connectivity index (χ1n) is 9.31. The van der Waals surface area contributed by atoms with E-state index in [1.54, 1.807) is 34.6 Å². The molecule has 0 saturated heterocycles. The summed E-state index contributed by atoms with van der Waals surface area (Å²) in [5, 5.41) is 7.59. The van der Waals surface area contributed by atoms with Crippen molar-refractivity contribution < 1.29 is 32.3 Å². The highest BCUT2D eigenvalue weighted by Crippen LogP contribution is 2.21. The number of aromatic nitrogens is 1. The van der Waals surface area contributed by atoms with Crippen LogP contribution in [0.25, 0.3) is 0 Å². The van der Waals surface area contributed by atoms with Crippen molar-refractivity contribution in [3.05, 3.63) is 46.3 Å². The third-order valence-corrected chi connectivity index (χ3v) is 5.35. The molecule has 0 aliphatic carbocycles. The Bertz CT molecular complexity index is 1130. The molecule has 1 aromatic carbocycles. The van der Waals surface area contributed by atoms with Gasteiger partial charge in [0, 0.05) is 11.4 Å². The molecule has 0 aliphatic heterocycles. The van der Waals surface area contributed by atoms with E-state index in [9.17, 15) is 22.8 Å². The predicted molar refractivity (Wildman–Crippen MR) is 112 cm³/mol. The van der Waals surface area contributed by atoms with Crippen LogP contribution in [0.15, 0.2) is 23.1 Å². The zero-order chi connectivity index (χ0) is 23.5. The zero-order valence-electron chi connectivity index (χ0n) is 17.9. The molecular weight excluding hydrogens is 426 g/mol. The molecule has 168 valence electrons. The maximum atomic E-state index is 12.4. The van der Waals surface area contributed by atoms with Crippen LogP contribution < -0.4 is 10.5 Å². The van der Waals surface area contributed by atoms with Crippen molar-refractivity contribution in [3.8, 4) is 0 Å². The van der Waals surface area contributed by atoms with Crippen LogP contribution in [0, 0.1) is 20.8 Å². The van der Waals surface area contributed by atoms with Crippen LogP contribution in [0.3, 0.4) is 0 Å². The Balaban J connectivity index is 2.07. The van der Waals surface area contributed by atoms with Crippen LogP contribution in [0.4, 0.5) is 5.69 Å². The summed E-state index contributed by atoms with van der Waals surface area (Å²) in [5.41, 5.74) is 1.67. The number of primary sulfonamides is 1. The molecule has 2 rings (SSSR count). The quantitative estimate of drug-likeness (QED) is 0.543. The number of carbonyl (C=O) groups excluding carboxylic acids is 3. The Morgan fingerprint density at radius 3 is 2.35 bits per heavy atom. The van der Waals surface area contributed by atoms with Crippen molar-refractivity contribution in [3.63, 3.8) is 0 Å². The summed E-state index contributed by atoms with van der Waals surface area (Å²) in [6.45, 7) is 7.55. The molecule has 11 heteroatoms. The van der Waals surface area contributed by atoms with Gasteiger partial charge in [-0.3, -0.25) is 4.79 Å². The minimum atomic E-state index is -3.95. The summed E-state index contributed by atoms with van der Waals surface area (Å²) in [5.74, 6) is -2.07. The number of hydrogen-bond acceptors (Lipinski definition) is 7. The maximum absolute atomic E-state index is 12.4. The number of esters is 2. The van der Waals surface area contributed by atoms with E-state index in [4.69, 9.17) is 14.6 Å². The van der Waals surface area contributed by atoms with Gasteiger partial charge in [-0.25, -0.2) is 23.1 Å². The first-order valence-corrected chi connectivity index (χ1v) is 10.9. The summed E-state index contributed by atoms with van der Waals surface area (Å²) < 4.78 is 33.4. The summed E-state index contributed by atoms with van der Waals surface area (Å²) >= 11 is 0. The van der Waals surface area contributed by atoms with E-state index in [1.165, 1.54) is 18.2 Å². The van der Waals surface area contributed by atoms with Gasteiger partial charge in [0.15, 0.2) is 6.61 Å². The lowest BCUT2D eigenvalue weighted by atomic mass is 10.1. The molecule has 1 aromatic heterocycles. The van der Waals surface area contributed by atoms with Gasteiger partial charge in [-0.1, -0.05) is 6.07 Å². The number of amides is 1. The fraction of sp³-hybridized carbons (Fsp3) is 0.350. The van der Waals surface area contributed by atoms with Crippen molar-refractivity contribution in [1.82, 2.24) is 4.98 Å². The van der Waals surface area contributed by atoms with E-state index >= 15 is 0 Å². The van der Waals surface area contributed by atoms with Gasteiger partial charge in [-0.2, -0.15) is 0 Å². The smallest absolute Gasteiger partial charge is 0.355 e. The van der Waals surface area contributed by atoms with Gasteiger partial charge in [-0.05, 0) is 57.9 Å². The molecule has 1 heterocycles. The third-order valence-electron chi connectivity index (χ3n) is 4.30. The number of aryl methyl sites for hydroxylation is 2. The van der Waals surface area contributed by atoms with Gasteiger partial charge in [0.2, 0.25) is 10.0 Å². The predicted octanol–water partition coefficient (Wildman–Crippen LogP) is 1.95. The number of benzene rings is 1.